The number of amides is 3. The van der Waals surface area contributed by atoms with E-state index in [-0.39, 0.29) is 24.4 Å². The summed E-state index contributed by atoms with van der Waals surface area (Å²) in [5.41, 5.74) is 4.33. The summed E-state index contributed by atoms with van der Waals surface area (Å²) in [5, 5.41) is 5.82. The predicted octanol–water partition coefficient (Wildman–Crippen LogP) is 6.33. The lowest BCUT2D eigenvalue weighted by atomic mass is 9.99. The number of rotatable bonds is 8. The lowest BCUT2D eigenvalue weighted by molar-refractivity contribution is -0.127. The van der Waals surface area contributed by atoms with Crippen LogP contribution in [0.4, 0.5) is 14.9 Å². The van der Waals surface area contributed by atoms with E-state index in [1.54, 1.807) is 24.3 Å². The number of nitrogens with one attached hydrogen (secondary N) is 2. The van der Waals surface area contributed by atoms with Crippen LogP contribution in [-0.4, -0.2) is 28.8 Å². The highest BCUT2D eigenvalue weighted by Gasteiger charge is 2.47. The molecule has 0 radical (unpaired) electrons. The van der Waals surface area contributed by atoms with Gasteiger partial charge < -0.3 is 15.4 Å². The van der Waals surface area contributed by atoms with Gasteiger partial charge in [-0.2, -0.15) is 0 Å². The van der Waals surface area contributed by atoms with Crippen molar-refractivity contribution in [1.29, 1.82) is 0 Å². The smallest absolute Gasteiger partial charge is 0.411 e. The third kappa shape index (κ3) is 6.44. The van der Waals surface area contributed by atoms with Gasteiger partial charge in [0.2, 0.25) is 5.91 Å². The number of hydrogen-bond acceptors (Lipinski definition) is 4. The number of cyclic esters (lactones) is 1. The standard InChI is InChI=1S/C33H30FN3O4/c1-21-8-10-23(11-9-21)20-37-29(32(39)35-22(2)24-6-4-3-5-7-24)30(41-33(37)40)25-14-18-28(19-15-25)36-31(38)26-12-16-27(34)17-13-26/h3-19,22,29-30H,20H2,1-2H3,(H,35,39)(H,36,38). The van der Waals surface area contributed by atoms with Crippen molar-refractivity contribution in [3.63, 3.8) is 0 Å². The van der Waals surface area contributed by atoms with Crippen molar-refractivity contribution in [3.8, 4) is 0 Å². The van der Waals surface area contributed by atoms with Crippen molar-refractivity contribution in [2.24, 2.45) is 0 Å². The van der Waals surface area contributed by atoms with Crippen LogP contribution in [0.25, 0.3) is 0 Å². The van der Waals surface area contributed by atoms with Crippen molar-refractivity contribution >= 4 is 23.6 Å². The topological polar surface area (TPSA) is 87.7 Å². The Morgan fingerprint density at radius 1 is 0.902 bits per heavy atom. The van der Waals surface area contributed by atoms with E-state index in [0.29, 0.717) is 16.8 Å². The molecule has 5 rings (SSSR count). The number of carbonyl (C=O) groups is 3. The molecular weight excluding hydrogens is 521 g/mol. The largest absolute Gasteiger partial charge is 0.438 e. The number of nitrogens with zero attached hydrogens (tertiary/aromatic N) is 1. The monoisotopic (exact) mass is 551 g/mol. The second-order valence-electron chi connectivity index (χ2n) is 10.1. The van der Waals surface area contributed by atoms with Gasteiger partial charge in [0, 0.05) is 11.3 Å². The average molecular weight is 552 g/mol. The number of benzene rings is 4. The summed E-state index contributed by atoms with van der Waals surface area (Å²) in [6, 6.07) is 28.2. The van der Waals surface area contributed by atoms with E-state index < -0.39 is 24.1 Å². The van der Waals surface area contributed by atoms with Gasteiger partial charge in [-0.15, -0.1) is 0 Å². The molecule has 3 unspecified atom stereocenters. The number of carbonyl (C=O) groups excluding carboxylic acids is 3. The Hall–Kier alpha value is -4.98. The molecule has 0 spiro atoms. The first kappa shape index (κ1) is 27.6. The number of ether oxygens (including phenoxy) is 1. The van der Waals surface area contributed by atoms with Crippen molar-refractivity contribution < 1.29 is 23.5 Å². The number of hydrogen-bond donors (Lipinski definition) is 2. The van der Waals surface area contributed by atoms with Gasteiger partial charge in [0.25, 0.3) is 5.91 Å². The van der Waals surface area contributed by atoms with Crippen LogP contribution in [0.5, 0.6) is 0 Å². The van der Waals surface area contributed by atoms with Crippen molar-refractivity contribution in [1.82, 2.24) is 10.2 Å². The van der Waals surface area contributed by atoms with Gasteiger partial charge >= 0.3 is 6.09 Å². The van der Waals surface area contributed by atoms with E-state index in [0.717, 1.165) is 16.7 Å². The Balaban J connectivity index is 1.38. The first-order valence-corrected chi connectivity index (χ1v) is 13.3. The molecule has 0 saturated carbocycles. The highest BCUT2D eigenvalue weighted by molar-refractivity contribution is 6.04. The van der Waals surface area contributed by atoms with Gasteiger partial charge in [-0.25, -0.2) is 9.18 Å². The van der Waals surface area contributed by atoms with Crippen LogP contribution in [0.3, 0.4) is 0 Å². The fourth-order valence-corrected chi connectivity index (χ4v) is 4.78. The Morgan fingerprint density at radius 2 is 1.56 bits per heavy atom. The van der Waals surface area contributed by atoms with Crippen LogP contribution >= 0.6 is 0 Å². The van der Waals surface area contributed by atoms with Gasteiger partial charge in [-0.3, -0.25) is 14.5 Å². The lowest BCUT2D eigenvalue weighted by Gasteiger charge is -2.26. The van der Waals surface area contributed by atoms with Crippen molar-refractivity contribution in [2.75, 3.05) is 5.32 Å². The molecule has 3 atom stereocenters. The summed E-state index contributed by atoms with van der Waals surface area (Å²) in [5.74, 6) is -1.15. The minimum atomic E-state index is -0.922. The van der Waals surface area contributed by atoms with E-state index in [2.05, 4.69) is 10.6 Å². The minimum Gasteiger partial charge on any atom is -0.438 e. The fraction of sp³-hybridized carbons (Fsp3) is 0.182. The van der Waals surface area contributed by atoms with Crippen LogP contribution in [0.2, 0.25) is 0 Å². The van der Waals surface area contributed by atoms with Gasteiger partial charge in [-0.1, -0.05) is 72.3 Å². The fourth-order valence-electron chi connectivity index (χ4n) is 4.78. The van der Waals surface area contributed by atoms with E-state index in [1.165, 1.54) is 29.2 Å². The molecule has 1 aliphatic rings. The molecule has 0 aromatic heterocycles. The summed E-state index contributed by atoms with van der Waals surface area (Å²) in [6.45, 7) is 4.08. The van der Waals surface area contributed by atoms with E-state index in [9.17, 15) is 18.8 Å². The zero-order valence-corrected chi connectivity index (χ0v) is 22.7. The van der Waals surface area contributed by atoms with E-state index in [4.69, 9.17) is 4.74 Å². The molecule has 1 fully saturated rings. The Morgan fingerprint density at radius 3 is 2.22 bits per heavy atom. The number of aryl methyl sites for hydroxylation is 1. The van der Waals surface area contributed by atoms with Gasteiger partial charge in [0.05, 0.1) is 12.6 Å². The first-order chi connectivity index (χ1) is 19.8. The van der Waals surface area contributed by atoms with Crippen LogP contribution in [0, 0.1) is 12.7 Å². The molecule has 4 aromatic rings. The summed E-state index contributed by atoms with van der Waals surface area (Å²) in [4.78, 5) is 40.9. The summed E-state index contributed by atoms with van der Waals surface area (Å²) < 4.78 is 19.0. The first-order valence-electron chi connectivity index (χ1n) is 13.3. The normalized spacial score (nSPS) is 17.0. The number of halogens is 1. The van der Waals surface area contributed by atoms with Crippen molar-refractivity contribution in [2.45, 2.75) is 38.6 Å². The van der Waals surface area contributed by atoms with Crippen LogP contribution < -0.4 is 10.6 Å². The molecule has 41 heavy (non-hydrogen) atoms. The molecule has 8 heteroatoms. The zero-order chi connectivity index (χ0) is 28.9. The molecule has 7 nitrogen and oxygen atoms in total. The zero-order valence-electron chi connectivity index (χ0n) is 22.7. The SMILES string of the molecule is Cc1ccc(CN2C(=O)OC(c3ccc(NC(=O)c4ccc(F)cc4)cc3)C2C(=O)NC(C)c2ccccc2)cc1. The highest BCUT2D eigenvalue weighted by Crippen LogP contribution is 2.35. The maximum absolute atomic E-state index is 13.7. The quantitative estimate of drug-likeness (QED) is 0.268. The van der Waals surface area contributed by atoms with Crippen LogP contribution in [0.15, 0.2) is 103 Å². The molecule has 4 aromatic carbocycles. The molecule has 0 bridgehead atoms. The van der Waals surface area contributed by atoms with E-state index in [1.807, 2.05) is 68.4 Å². The van der Waals surface area contributed by atoms with E-state index >= 15 is 0 Å². The van der Waals surface area contributed by atoms with Crippen molar-refractivity contribution in [3.05, 3.63) is 137 Å². The molecule has 0 aliphatic carbocycles. The van der Waals surface area contributed by atoms with Gasteiger partial charge in [0.15, 0.2) is 12.1 Å². The lowest BCUT2D eigenvalue weighted by Crippen LogP contribution is -2.46. The molecule has 1 heterocycles. The Kier molecular flexibility index (Phi) is 8.10. The highest BCUT2D eigenvalue weighted by atomic mass is 19.1. The second kappa shape index (κ2) is 12.0. The summed E-state index contributed by atoms with van der Waals surface area (Å²) in [6.07, 6.45) is -1.45. The average Bonchev–Trinajstić information content (AvgIpc) is 3.31. The molecule has 3 amide bonds. The molecule has 208 valence electrons. The third-order valence-corrected chi connectivity index (χ3v) is 7.09. The van der Waals surface area contributed by atoms with Gasteiger partial charge in [-0.05, 0) is 66.9 Å². The van der Waals surface area contributed by atoms with Crippen LogP contribution in [-0.2, 0) is 16.1 Å². The predicted molar refractivity (Wildman–Crippen MR) is 154 cm³/mol. The van der Waals surface area contributed by atoms with Gasteiger partial charge in [0.1, 0.15) is 5.82 Å². The third-order valence-electron chi connectivity index (χ3n) is 7.09. The maximum atomic E-state index is 13.7. The second-order valence-corrected chi connectivity index (χ2v) is 10.1. The Labute approximate surface area is 238 Å². The summed E-state index contributed by atoms with van der Waals surface area (Å²) >= 11 is 0. The molecule has 2 N–H and O–H groups in total. The maximum Gasteiger partial charge on any atom is 0.411 e. The number of anilines is 1. The van der Waals surface area contributed by atoms with Crippen LogP contribution in [0.1, 0.15) is 51.7 Å². The molecule has 1 aliphatic heterocycles. The minimum absolute atomic E-state index is 0.208. The molecule has 1 saturated heterocycles. The molecular formula is C33H30FN3O4. The summed E-state index contributed by atoms with van der Waals surface area (Å²) in [7, 11) is 0. The Bertz CT molecular complexity index is 1520.